The molecule has 0 unspecified atom stereocenters. The zero-order valence-electron chi connectivity index (χ0n) is 7.56. The number of amides is 2. The Morgan fingerprint density at radius 2 is 2.23 bits per heavy atom. The second kappa shape index (κ2) is 3.74. The Morgan fingerprint density at radius 1 is 1.62 bits per heavy atom. The Bertz CT molecular complexity index is 229. The summed E-state index contributed by atoms with van der Waals surface area (Å²) in [5.74, 6) is -0.562. The van der Waals surface area contributed by atoms with Crippen molar-refractivity contribution in [1.29, 1.82) is 0 Å². The van der Waals surface area contributed by atoms with Crippen LogP contribution in [0, 0.1) is 0 Å². The van der Waals surface area contributed by atoms with Crippen molar-refractivity contribution in [3.63, 3.8) is 0 Å². The predicted molar refractivity (Wildman–Crippen MR) is 45.6 cm³/mol. The molecule has 0 aromatic carbocycles. The van der Waals surface area contributed by atoms with Crippen molar-refractivity contribution >= 4 is 11.8 Å². The predicted octanol–water partition coefficient (Wildman–Crippen LogP) is -1.16. The first-order valence-corrected chi connectivity index (χ1v) is 4.24. The van der Waals surface area contributed by atoms with Gasteiger partial charge in [-0.1, -0.05) is 0 Å². The minimum atomic E-state index is -0.520. The lowest BCUT2D eigenvalue weighted by atomic mass is 10.1. The van der Waals surface area contributed by atoms with Crippen LogP contribution in [0.2, 0.25) is 0 Å². The molecule has 5 nitrogen and oxygen atoms in total. The maximum Gasteiger partial charge on any atom is 0.219 e. The van der Waals surface area contributed by atoms with E-state index in [9.17, 15) is 14.7 Å². The number of β-amino-alcohol motifs (C(OH)–C–C–N with tert-alkyl or cyclic N) is 1. The molecule has 1 aliphatic heterocycles. The fourth-order valence-electron chi connectivity index (χ4n) is 1.70. The smallest absolute Gasteiger partial charge is 0.219 e. The van der Waals surface area contributed by atoms with Crippen LogP contribution < -0.4 is 5.73 Å². The van der Waals surface area contributed by atoms with Gasteiger partial charge in [0.1, 0.15) is 0 Å². The van der Waals surface area contributed by atoms with Gasteiger partial charge in [0.05, 0.1) is 6.10 Å². The van der Waals surface area contributed by atoms with E-state index in [1.165, 1.54) is 11.8 Å². The second-order valence-corrected chi connectivity index (χ2v) is 3.39. The highest BCUT2D eigenvalue weighted by atomic mass is 16.3. The molecule has 2 amide bonds. The number of primary amides is 1. The zero-order chi connectivity index (χ0) is 10.0. The van der Waals surface area contributed by atoms with Gasteiger partial charge in [0.2, 0.25) is 11.8 Å². The maximum atomic E-state index is 11.0. The highest BCUT2D eigenvalue weighted by molar-refractivity contribution is 5.77. The lowest BCUT2D eigenvalue weighted by Gasteiger charge is -2.21. The van der Waals surface area contributed by atoms with E-state index in [-0.39, 0.29) is 18.4 Å². The summed E-state index contributed by atoms with van der Waals surface area (Å²) in [5, 5.41) is 9.29. The van der Waals surface area contributed by atoms with Crippen LogP contribution in [0.5, 0.6) is 0 Å². The average Bonchev–Trinajstić information content (AvgIpc) is 2.29. The Morgan fingerprint density at radius 3 is 2.69 bits per heavy atom. The molecule has 2 atom stereocenters. The molecule has 1 saturated heterocycles. The number of aliphatic hydroxyl groups is 1. The number of carbonyl (C=O) groups excluding carboxylic acids is 2. The molecule has 1 heterocycles. The summed E-state index contributed by atoms with van der Waals surface area (Å²) in [7, 11) is 0. The second-order valence-electron chi connectivity index (χ2n) is 3.39. The van der Waals surface area contributed by atoms with Crippen molar-refractivity contribution in [2.24, 2.45) is 5.73 Å². The van der Waals surface area contributed by atoms with E-state index in [0.717, 1.165) is 0 Å². The third-order valence-electron chi connectivity index (χ3n) is 2.23. The molecule has 1 fully saturated rings. The standard InChI is InChI=1S/C8H14N2O3/c1-5(11)10-4-7(12)2-6(10)3-8(9)13/h6-7,12H,2-4H2,1H3,(H2,9,13)/t6-,7+/m0/s1. The summed E-state index contributed by atoms with van der Waals surface area (Å²) in [6.07, 6.45) is 0.0624. The van der Waals surface area contributed by atoms with Crippen molar-refractivity contribution in [3.8, 4) is 0 Å². The number of hydrogen-bond acceptors (Lipinski definition) is 3. The molecule has 3 N–H and O–H groups in total. The van der Waals surface area contributed by atoms with Crippen molar-refractivity contribution in [1.82, 2.24) is 4.90 Å². The van der Waals surface area contributed by atoms with E-state index in [0.29, 0.717) is 13.0 Å². The van der Waals surface area contributed by atoms with E-state index in [2.05, 4.69) is 0 Å². The fourth-order valence-corrected chi connectivity index (χ4v) is 1.70. The Kier molecular flexibility index (Phi) is 2.87. The molecule has 1 rings (SSSR count). The van der Waals surface area contributed by atoms with Crippen LogP contribution in [0.4, 0.5) is 0 Å². The Balaban J connectivity index is 2.60. The van der Waals surface area contributed by atoms with Gasteiger partial charge in [-0.3, -0.25) is 9.59 Å². The van der Waals surface area contributed by atoms with E-state index in [1.807, 2.05) is 0 Å². The molecule has 0 aromatic heterocycles. The molecular formula is C8H14N2O3. The van der Waals surface area contributed by atoms with Crippen LogP contribution >= 0.6 is 0 Å². The van der Waals surface area contributed by atoms with Gasteiger partial charge in [-0.15, -0.1) is 0 Å². The highest BCUT2D eigenvalue weighted by Crippen LogP contribution is 2.20. The van der Waals surface area contributed by atoms with Gasteiger partial charge in [-0.05, 0) is 6.42 Å². The van der Waals surface area contributed by atoms with Gasteiger partial charge in [0.25, 0.3) is 0 Å². The first kappa shape index (κ1) is 9.98. The average molecular weight is 186 g/mol. The number of nitrogens with two attached hydrogens (primary N) is 1. The number of hydrogen-bond donors (Lipinski definition) is 2. The molecule has 1 aliphatic rings. The minimum Gasteiger partial charge on any atom is -0.391 e. The first-order chi connectivity index (χ1) is 6.00. The van der Waals surface area contributed by atoms with Gasteiger partial charge < -0.3 is 15.7 Å². The molecule has 0 saturated carbocycles. The number of likely N-dealkylation sites (tertiary alicyclic amines) is 1. The molecule has 0 aromatic rings. The Hall–Kier alpha value is -1.10. The van der Waals surface area contributed by atoms with E-state index in [4.69, 9.17) is 5.73 Å². The van der Waals surface area contributed by atoms with Crippen LogP contribution in [0.25, 0.3) is 0 Å². The summed E-state index contributed by atoms with van der Waals surface area (Å²) >= 11 is 0. The van der Waals surface area contributed by atoms with Crippen LogP contribution in [0.1, 0.15) is 19.8 Å². The van der Waals surface area contributed by atoms with E-state index < -0.39 is 12.0 Å². The largest absolute Gasteiger partial charge is 0.391 e. The molecule has 0 spiro atoms. The molecule has 74 valence electrons. The molecule has 0 radical (unpaired) electrons. The molecular weight excluding hydrogens is 172 g/mol. The van der Waals surface area contributed by atoms with E-state index >= 15 is 0 Å². The van der Waals surface area contributed by atoms with Crippen LogP contribution in [-0.4, -0.2) is 40.5 Å². The summed E-state index contributed by atoms with van der Waals surface area (Å²) in [6.45, 7) is 1.74. The van der Waals surface area contributed by atoms with Crippen molar-refractivity contribution in [3.05, 3.63) is 0 Å². The maximum absolute atomic E-state index is 11.0. The normalized spacial score (nSPS) is 27.7. The Labute approximate surface area is 76.5 Å². The lowest BCUT2D eigenvalue weighted by Crippen LogP contribution is -2.36. The third kappa shape index (κ3) is 2.42. The first-order valence-electron chi connectivity index (χ1n) is 4.24. The third-order valence-corrected chi connectivity index (χ3v) is 2.23. The molecule has 0 aliphatic carbocycles. The lowest BCUT2D eigenvalue weighted by molar-refractivity contribution is -0.130. The quantitative estimate of drug-likeness (QED) is 0.570. The number of aliphatic hydroxyl groups excluding tert-OH is 1. The monoisotopic (exact) mass is 186 g/mol. The van der Waals surface area contributed by atoms with Crippen LogP contribution in [-0.2, 0) is 9.59 Å². The van der Waals surface area contributed by atoms with Gasteiger partial charge in [-0.2, -0.15) is 0 Å². The van der Waals surface area contributed by atoms with Crippen molar-refractivity contribution in [2.45, 2.75) is 31.9 Å². The SMILES string of the molecule is CC(=O)N1C[C@H](O)C[C@H]1CC(N)=O. The van der Waals surface area contributed by atoms with Gasteiger partial charge in [0.15, 0.2) is 0 Å². The summed E-state index contributed by atoms with van der Waals surface area (Å²) in [4.78, 5) is 23.2. The van der Waals surface area contributed by atoms with Crippen molar-refractivity contribution in [2.75, 3.05) is 6.54 Å². The fraction of sp³-hybridized carbons (Fsp3) is 0.750. The highest BCUT2D eigenvalue weighted by Gasteiger charge is 2.33. The summed E-state index contributed by atoms with van der Waals surface area (Å²) < 4.78 is 0. The minimum absolute atomic E-state index is 0.122. The summed E-state index contributed by atoms with van der Waals surface area (Å²) in [5.41, 5.74) is 5.02. The molecule has 0 bridgehead atoms. The molecule has 13 heavy (non-hydrogen) atoms. The van der Waals surface area contributed by atoms with Gasteiger partial charge in [0, 0.05) is 25.9 Å². The number of carbonyl (C=O) groups is 2. The number of rotatable bonds is 2. The van der Waals surface area contributed by atoms with Crippen molar-refractivity contribution < 1.29 is 14.7 Å². The van der Waals surface area contributed by atoms with Crippen LogP contribution in [0.15, 0.2) is 0 Å². The van der Waals surface area contributed by atoms with Crippen LogP contribution in [0.3, 0.4) is 0 Å². The zero-order valence-corrected chi connectivity index (χ0v) is 7.56. The number of nitrogens with zero attached hydrogens (tertiary/aromatic N) is 1. The summed E-state index contributed by atoms with van der Waals surface area (Å²) in [6, 6.07) is -0.218. The molecule has 5 heteroatoms. The topological polar surface area (TPSA) is 83.6 Å². The van der Waals surface area contributed by atoms with Gasteiger partial charge in [-0.25, -0.2) is 0 Å². The van der Waals surface area contributed by atoms with Gasteiger partial charge >= 0.3 is 0 Å². The van der Waals surface area contributed by atoms with E-state index in [1.54, 1.807) is 0 Å².